The molecular weight excluding hydrogens is 438 g/mol. The Labute approximate surface area is 202 Å². The van der Waals surface area contributed by atoms with Crippen LogP contribution in [0.2, 0.25) is 0 Å². The zero-order valence-electron chi connectivity index (χ0n) is 19.6. The van der Waals surface area contributed by atoms with E-state index in [-0.39, 0.29) is 11.6 Å². The van der Waals surface area contributed by atoms with E-state index in [4.69, 9.17) is 0 Å². The van der Waals surface area contributed by atoms with Crippen LogP contribution in [-0.2, 0) is 13.5 Å². The van der Waals surface area contributed by atoms with Crippen LogP contribution in [-0.4, -0.2) is 35.5 Å². The van der Waals surface area contributed by atoms with Crippen LogP contribution in [0.1, 0.15) is 42.9 Å². The third kappa shape index (κ3) is 3.91. The van der Waals surface area contributed by atoms with Gasteiger partial charge in [0.1, 0.15) is 5.52 Å². The molecule has 0 radical (unpaired) electrons. The molecular formula is C28H27N5O2. The minimum atomic E-state index is -0.517. The van der Waals surface area contributed by atoms with Gasteiger partial charge in [-0.05, 0) is 48.1 Å². The Hall–Kier alpha value is -3.84. The summed E-state index contributed by atoms with van der Waals surface area (Å²) in [6.45, 7) is 0. The number of aliphatic hydroxyl groups excluding tert-OH is 1. The van der Waals surface area contributed by atoms with Gasteiger partial charge in [-0.2, -0.15) is 5.10 Å². The number of nitrogens with zero attached hydrogens (tertiary/aromatic N) is 5. The SMILES string of the molecule is Cn1cc(-c2ccc(Cc3cc4c(=O)n([C@H]5CCCC[C@@H]5O)cnc4c4ncccc34)cc2)cn1. The summed E-state index contributed by atoms with van der Waals surface area (Å²) >= 11 is 0. The monoisotopic (exact) mass is 465 g/mol. The van der Waals surface area contributed by atoms with Crippen LogP contribution in [0.25, 0.3) is 32.9 Å². The number of aromatic nitrogens is 5. The van der Waals surface area contributed by atoms with Crippen LogP contribution in [0, 0.1) is 0 Å². The fraction of sp³-hybridized carbons (Fsp3) is 0.286. The molecule has 6 rings (SSSR count). The van der Waals surface area contributed by atoms with E-state index in [2.05, 4.69) is 39.3 Å². The summed E-state index contributed by atoms with van der Waals surface area (Å²) in [5.41, 5.74) is 5.62. The number of rotatable bonds is 4. The van der Waals surface area contributed by atoms with Gasteiger partial charge in [0.15, 0.2) is 0 Å². The first-order valence-corrected chi connectivity index (χ1v) is 12.1. The van der Waals surface area contributed by atoms with Crippen molar-refractivity contribution in [2.24, 2.45) is 7.05 Å². The first-order chi connectivity index (χ1) is 17.1. The average Bonchev–Trinajstić information content (AvgIpc) is 3.32. The molecule has 1 aliphatic rings. The maximum Gasteiger partial charge on any atom is 0.261 e. The number of aryl methyl sites for hydroxylation is 1. The Balaban J connectivity index is 1.43. The molecule has 3 heterocycles. The summed E-state index contributed by atoms with van der Waals surface area (Å²) in [6, 6.07) is 14.1. The first kappa shape index (κ1) is 21.7. The fourth-order valence-electron chi connectivity index (χ4n) is 5.31. The summed E-state index contributed by atoms with van der Waals surface area (Å²) in [6.07, 6.45) is 10.9. The molecule has 3 aromatic heterocycles. The van der Waals surface area contributed by atoms with E-state index in [1.165, 1.54) is 0 Å². The number of hydrogen-bond acceptors (Lipinski definition) is 5. The standard InChI is InChI=1S/C28H27N5O2/c1-32-16-21(15-31-32)19-10-8-18(9-11-19)13-20-14-23-27(26-22(20)5-4-12-29-26)30-17-33(28(23)35)24-6-2-3-7-25(24)34/h4-5,8-12,14-17,24-25,34H,2-3,6-7,13H2,1H3/t24-,25-/m0/s1. The van der Waals surface area contributed by atoms with Gasteiger partial charge in [-0.25, -0.2) is 4.98 Å². The van der Waals surface area contributed by atoms with Crippen LogP contribution < -0.4 is 5.56 Å². The van der Waals surface area contributed by atoms with Gasteiger partial charge in [0.2, 0.25) is 0 Å². The number of benzene rings is 2. The number of aliphatic hydroxyl groups is 1. The second-order valence-corrected chi connectivity index (χ2v) is 9.48. The summed E-state index contributed by atoms with van der Waals surface area (Å²) < 4.78 is 3.43. The molecule has 176 valence electrons. The third-order valence-corrected chi connectivity index (χ3v) is 7.17. The van der Waals surface area contributed by atoms with Crippen LogP contribution in [0.4, 0.5) is 0 Å². The van der Waals surface area contributed by atoms with Crippen molar-refractivity contribution in [2.75, 3.05) is 0 Å². The van der Waals surface area contributed by atoms with E-state index in [1.54, 1.807) is 21.8 Å². The zero-order valence-corrected chi connectivity index (χ0v) is 19.6. The molecule has 5 aromatic rings. The predicted molar refractivity (Wildman–Crippen MR) is 136 cm³/mol. The second kappa shape index (κ2) is 8.74. The number of hydrogen-bond donors (Lipinski definition) is 1. The smallest absolute Gasteiger partial charge is 0.261 e. The summed E-state index contributed by atoms with van der Waals surface area (Å²) in [7, 11) is 1.91. The maximum absolute atomic E-state index is 13.6. The highest BCUT2D eigenvalue weighted by molar-refractivity contribution is 6.04. The van der Waals surface area contributed by atoms with E-state index in [0.29, 0.717) is 23.7 Å². The lowest BCUT2D eigenvalue weighted by molar-refractivity contribution is 0.0735. The predicted octanol–water partition coefficient (Wildman–Crippen LogP) is 4.41. The molecule has 0 saturated heterocycles. The zero-order chi connectivity index (χ0) is 23.9. The lowest BCUT2D eigenvalue weighted by atomic mass is 9.92. The molecule has 2 aromatic carbocycles. The highest BCUT2D eigenvalue weighted by Gasteiger charge is 2.26. The van der Waals surface area contributed by atoms with Crippen LogP contribution in [0.3, 0.4) is 0 Å². The van der Waals surface area contributed by atoms with Gasteiger partial charge in [-0.1, -0.05) is 43.2 Å². The van der Waals surface area contributed by atoms with Crippen molar-refractivity contribution in [1.29, 1.82) is 0 Å². The molecule has 7 nitrogen and oxygen atoms in total. The van der Waals surface area contributed by atoms with E-state index in [1.807, 2.05) is 37.6 Å². The molecule has 1 aliphatic carbocycles. The molecule has 1 saturated carbocycles. The van der Waals surface area contributed by atoms with Gasteiger partial charge in [0.05, 0.1) is 35.6 Å². The van der Waals surface area contributed by atoms with Crippen LogP contribution in [0.15, 0.2) is 72.2 Å². The molecule has 7 heteroatoms. The normalized spacial score (nSPS) is 18.3. The van der Waals surface area contributed by atoms with Crippen LogP contribution >= 0.6 is 0 Å². The minimum Gasteiger partial charge on any atom is -0.391 e. The molecule has 0 amide bonds. The van der Waals surface area contributed by atoms with Gasteiger partial charge >= 0.3 is 0 Å². The Kier molecular flexibility index (Phi) is 5.41. The lowest BCUT2D eigenvalue weighted by Gasteiger charge is -2.29. The van der Waals surface area contributed by atoms with E-state index < -0.39 is 6.10 Å². The van der Waals surface area contributed by atoms with Gasteiger partial charge in [0, 0.05) is 30.4 Å². The molecule has 0 unspecified atom stereocenters. The Bertz CT molecular complexity index is 1590. The van der Waals surface area contributed by atoms with E-state index in [0.717, 1.165) is 52.4 Å². The average molecular weight is 466 g/mol. The fourth-order valence-corrected chi connectivity index (χ4v) is 5.31. The molecule has 35 heavy (non-hydrogen) atoms. The molecule has 2 atom stereocenters. The van der Waals surface area contributed by atoms with Gasteiger partial charge < -0.3 is 5.11 Å². The molecule has 0 bridgehead atoms. The molecule has 1 N–H and O–H groups in total. The van der Waals surface area contributed by atoms with Crippen LogP contribution in [0.5, 0.6) is 0 Å². The minimum absolute atomic E-state index is 0.110. The lowest BCUT2D eigenvalue weighted by Crippen LogP contribution is -2.34. The third-order valence-electron chi connectivity index (χ3n) is 7.17. The summed E-state index contributed by atoms with van der Waals surface area (Å²) in [4.78, 5) is 22.9. The van der Waals surface area contributed by atoms with Crippen molar-refractivity contribution in [3.8, 4) is 11.1 Å². The molecule has 0 spiro atoms. The van der Waals surface area contributed by atoms with Crippen molar-refractivity contribution in [2.45, 2.75) is 44.2 Å². The van der Waals surface area contributed by atoms with Gasteiger partial charge in [0.25, 0.3) is 5.56 Å². The summed E-state index contributed by atoms with van der Waals surface area (Å²) in [5, 5.41) is 16.4. The largest absolute Gasteiger partial charge is 0.391 e. The Morgan fingerprint density at radius 2 is 1.80 bits per heavy atom. The van der Waals surface area contributed by atoms with Gasteiger partial charge in [-0.3, -0.25) is 19.0 Å². The highest BCUT2D eigenvalue weighted by atomic mass is 16.3. The van der Waals surface area contributed by atoms with E-state index in [9.17, 15) is 9.90 Å². The second-order valence-electron chi connectivity index (χ2n) is 9.48. The van der Waals surface area contributed by atoms with Crippen molar-refractivity contribution >= 4 is 21.8 Å². The number of pyridine rings is 1. The Morgan fingerprint density at radius 1 is 1.00 bits per heavy atom. The molecule has 1 fully saturated rings. The van der Waals surface area contributed by atoms with E-state index >= 15 is 0 Å². The molecule has 0 aliphatic heterocycles. The summed E-state index contributed by atoms with van der Waals surface area (Å²) in [5.74, 6) is 0. The maximum atomic E-state index is 13.6. The van der Waals surface area contributed by atoms with Crippen molar-refractivity contribution in [3.63, 3.8) is 0 Å². The van der Waals surface area contributed by atoms with Gasteiger partial charge in [-0.15, -0.1) is 0 Å². The van der Waals surface area contributed by atoms with Crippen molar-refractivity contribution in [3.05, 3.63) is 88.9 Å². The first-order valence-electron chi connectivity index (χ1n) is 12.1. The number of fused-ring (bicyclic) bond motifs is 3. The highest BCUT2D eigenvalue weighted by Crippen LogP contribution is 2.30. The quantitative estimate of drug-likeness (QED) is 0.397. The van der Waals surface area contributed by atoms with Crippen molar-refractivity contribution < 1.29 is 5.11 Å². The topological polar surface area (TPSA) is 85.8 Å². The Morgan fingerprint density at radius 3 is 2.57 bits per heavy atom. The van der Waals surface area contributed by atoms with Crippen molar-refractivity contribution in [1.82, 2.24) is 24.3 Å².